The maximum Gasteiger partial charge on any atom is 0.328 e. The summed E-state index contributed by atoms with van der Waals surface area (Å²) in [5.74, 6) is -4.91. The van der Waals surface area contributed by atoms with E-state index in [0.29, 0.717) is 30.7 Å². The minimum absolute atomic E-state index is 0.121. The number of carbonyl (C=O) groups excluding carboxylic acids is 1. The van der Waals surface area contributed by atoms with Gasteiger partial charge in [0.25, 0.3) is 0 Å². The molecular weight excluding hydrogens is 638 g/mol. The Morgan fingerprint density at radius 1 is 0.761 bits per heavy atom. The van der Waals surface area contributed by atoms with Crippen molar-refractivity contribution >= 4 is 58.7 Å². The maximum atomic E-state index is 11.4. The maximum absolute atomic E-state index is 11.4. The fraction of sp³-hybridized carbons (Fsp3) is 0.281. The largest absolute Gasteiger partial charge is 0.478 e. The summed E-state index contributed by atoms with van der Waals surface area (Å²) >= 11 is 8.14. The van der Waals surface area contributed by atoms with Gasteiger partial charge in [-0.25, -0.2) is 19.2 Å². The van der Waals surface area contributed by atoms with Crippen molar-refractivity contribution in [2.45, 2.75) is 22.6 Å². The molecule has 46 heavy (non-hydrogen) atoms. The topological polar surface area (TPSA) is 185 Å². The van der Waals surface area contributed by atoms with E-state index in [4.69, 9.17) is 32.0 Å². The zero-order chi connectivity index (χ0) is 34.1. The average molecular weight is 674 g/mol. The van der Waals surface area contributed by atoms with Crippen LogP contribution in [0.2, 0.25) is 5.02 Å². The fourth-order valence-electron chi connectivity index (χ4n) is 4.36. The highest BCUT2D eigenvalue weighted by atomic mass is 35.5. The zero-order valence-corrected chi connectivity index (χ0v) is 26.7. The van der Waals surface area contributed by atoms with Crippen LogP contribution in [0.25, 0.3) is 5.57 Å². The number of carboxylic acids is 4. The van der Waals surface area contributed by atoms with Crippen LogP contribution in [0.4, 0.5) is 0 Å². The second-order valence-corrected chi connectivity index (χ2v) is 11.3. The number of halogens is 1. The Morgan fingerprint density at radius 2 is 1.26 bits per heavy atom. The molecule has 2 aromatic rings. The summed E-state index contributed by atoms with van der Waals surface area (Å²) in [6.07, 6.45) is 6.21. The van der Waals surface area contributed by atoms with Gasteiger partial charge in [0.15, 0.2) is 0 Å². The van der Waals surface area contributed by atoms with E-state index in [1.807, 2.05) is 17.8 Å². The lowest BCUT2D eigenvalue weighted by molar-refractivity contribution is -0.134. The van der Waals surface area contributed by atoms with Gasteiger partial charge in [-0.05, 0) is 47.4 Å². The standard InChI is InChI=1S/C24H28ClN3OS.2C4H4O4/c1-26-24(29)10-12-28-15-13-27(14-16-28)11-4-6-19-20-5-2-3-7-22(20)30-23-9-8-18(25)17-21(19)23;2*5-3(6)1-2-4(7)8/h2-3,5-9,17H,4,10-16H2,1H3,(H,26,29);2*1-2H,(H,5,6)(H,7,8)/b;2*2-1-. The minimum Gasteiger partial charge on any atom is -0.478 e. The normalized spacial score (nSPS) is 15.1. The molecule has 0 radical (unpaired) electrons. The minimum atomic E-state index is -1.26. The van der Waals surface area contributed by atoms with Crippen molar-refractivity contribution in [3.8, 4) is 0 Å². The number of piperazine rings is 1. The van der Waals surface area contributed by atoms with Crippen molar-refractivity contribution in [2.24, 2.45) is 0 Å². The third-order valence-corrected chi connectivity index (χ3v) is 7.95. The quantitative estimate of drug-likeness (QED) is 0.196. The number of aliphatic carboxylic acids is 4. The molecule has 2 aliphatic rings. The van der Waals surface area contributed by atoms with Gasteiger partial charge in [-0.3, -0.25) is 4.79 Å². The van der Waals surface area contributed by atoms with Crippen LogP contribution in [0.5, 0.6) is 0 Å². The van der Waals surface area contributed by atoms with E-state index in [-0.39, 0.29) is 5.91 Å². The van der Waals surface area contributed by atoms with Crippen LogP contribution in [0.3, 0.4) is 0 Å². The molecule has 5 N–H and O–H groups in total. The molecule has 2 heterocycles. The number of rotatable bonds is 10. The predicted molar refractivity (Wildman–Crippen MR) is 174 cm³/mol. The van der Waals surface area contributed by atoms with Crippen molar-refractivity contribution in [1.29, 1.82) is 0 Å². The molecule has 0 unspecified atom stereocenters. The molecule has 246 valence electrons. The average Bonchev–Trinajstić information content (AvgIpc) is 3.02. The van der Waals surface area contributed by atoms with Gasteiger partial charge in [-0.1, -0.05) is 47.6 Å². The highest BCUT2D eigenvalue weighted by molar-refractivity contribution is 7.99. The van der Waals surface area contributed by atoms with Crippen LogP contribution < -0.4 is 5.32 Å². The van der Waals surface area contributed by atoms with Crippen molar-refractivity contribution in [1.82, 2.24) is 15.1 Å². The van der Waals surface area contributed by atoms with Crippen molar-refractivity contribution < 1.29 is 44.4 Å². The SMILES string of the molecule is CNC(=O)CCN1CCN(CCC=C2c3ccccc3Sc3ccc(Cl)cc32)CC1.O=C(O)/C=C\C(=O)O.O=C(O)/C=C\C(=O)O. The molecule has 0 atom stereocenters. The van der Waals surface area contributed by atoms with Crippen LogP contribution in [0, 0.1) is 0 Å². The molecule has 1 amide bonds. The number of carbonyl (C=O) groups is 5. The molecule has 2 aromatic carbocycles. The number of hydrogen-bond donors (Lipinski definition) is 5. The van der Waals surface area contributed by atoms with Crippen molar-refractivity contribution in [3.05, 3.63) is 89.0 Å². The number of hydrogen-bond acceptors (Lipinski definition) is 8. The molecule has 0 aromatic heterocycles. The summed E-state index contributed by atoms with van der Waals surface area (Å²) in [5.41, 5.74) is 3.84. The lowest BCUT2D eigenvalue weighted by Crippen LogP contribution is -2.47. The first-order chi connectivity index (χ1) is 21.9. The van der Waals surface area contributed by atoms with Crippen LogP contribution in [-0.2, 0) is 24.0 Å². The number of nitrogens with zero attached hydrogens (tertiary/aromatic N) is 2. The third-order valence-electron chi connectivity index (χ3n) is 6.56. The zero-order valence-electron chi connectivity index (χ0n) is 25.1. The Balaban J connectivity index is 0.000000381. The molecule has 1 fully saturated rings. The smallest absolute Gasteiger partial charge is 0.328 e. The highest BCUT2D eigenvalue weighted by Gasteiger charge is 2.21. The summed E-state index contributed by atoms with van der Waals surface area (Å²) < 4.78 is 0. The van der Waals surface area contributed by atoms with Gasteiger partial charge in [0.1, 0.15) is 0 Å². The summed E-state index contributed by atoms with van der Waals surface area (Å²) in [7, 11) is 1.70. The Kier molecular flexibility index (Phi) is 16.3. The number of fused-ring (bicyclic) bond motifs is 2. The van der Waals surface area contributed by atoms with Crippen molar-refractivity contribution in [2.75, 3.05) is 46.3 Å². The van der Waals surface area contributed by atoms with Gasteiger partial charge in [-0.15, -0.1) is 0 Å². The lowest BCUT2D eigenvalue weighted by Gasteiger charge is -2.34. The van der Waals surface area contributed by atoms with E-state index in [1.165, 1.54) is 26.5 Å². The Bertz CT molecular complexity index is 1420. The van der Waals surface area contributed by atoms with E-state index in [1.54, 1.807) is 7.05 Å². The summed E-state index contributed by atoms with van der Waals surface area (Å²) in [6, 6.07) is 14.8. The van der Waals surface area contributed by atoms with Gasteiger partial charge in [-0.2, -0.15) is 0 Å². The Hall–Kier alpha value is -4.43. The molecule has 0 saturated carbocycles. The van der Waals surface area contributed by atoms with Gasteiger partial charge < -0.3 is 35.5 Å². The van der Waals surface area contributed by atoms with E-state index in [9.17, 15) is 24.0 Å². The highest BCUT2D eigenvalue weighted by Crippen LogP contribution is 2.46. The molecule has 0 aliphatic carbocycles. The number of benzene rings is 2. The Labute approximate surface area is 275 Å². The summed E-state index contributed by atoms with van der Waals surface area (Å²) in [6.45, 7) is 6.09. The predicted octanol–water partition coefficient (Wildman–Crippen LogP) is 3.80. The first-order valence-corrected chi connectivity index (χ1v) is 15.3. The van der Waals surface area contributed by atoms with E-state index >= 15 is 0 Å². The molecule has 4 rings (SSSR count). The first kappa shape index (κ1) is 37.8. The van der Waals surface area contributed by atoms with Crippen LogP contribution in [0.15, 0.2) is 82.6 Å². The van der Waals surface area contributed by atoms with E-state index in [2.05, 4.69) is 57.6 Å². The van der Waals surface area contributed by atoms with Gasteiger partial charge in [0.05, 0.1) is 0 Å². The molecule has 12 nitrogen and oxygen atoms in total. The number of amides is 1. The molecule has 1 saturated heterocycles. The fourth-order valence-corrected chi connectivity index (χ4v) is 5.62. The monoisotopic (exact) mass is 673 g/mol. The van der Waals surface area contributed by atoms with Crippen LogP contribution in [-0.4, -0.2) is 106 Å². The second kappa shape index (κ2) is 19.9. The van der Waals surface area contributed by atoms with Crippen LogP contribution in [0.1, 0.15) is 24.0 Å². The second-order valence-electron chi connectivity index (χ2n) is 9.77. The molecule has 0 bridgehead atoms. The van der Waals surface area contributed by atoms with E-state index in [0.717, 1.165) is 50.7 Å². The Morgan fingerprint density at radius 3 is 1.78 bits per heavy atom. The van der Waals surface area contributed by atoms with Gasteiger partial charge in [0, 0.05) is 91.9 Å². The van der Waals surface area contributed by atoms with Crippen LogP contribution >= 0.6 is 23.4 Å². The number of nitrogens with one attached hydrogen (secondary N) is 1. The van der Waals surface area contributed by atoms with Gasteiger partial charge >= 0.3 is 23.9 Å². The molecule has 2 aliphatic heterocycles. The van der Waals surface area contributed by atoms with Crippen molar-refractivity contribution in [3.63, 3.8) is 0 Å². The lowest BCUT2D eigenvalue weighted by atomic mass is 9.96. The molecule has 0 spiro atoms. The summed E-state index contributed by atoms with van der Waals surface area (Å²) in [4.78, 5) is 57.1. The molecule has 14 heteroatoms. The van der Waals surface area contributed by atoms with Gasteiger partial charge in [0.2, 0.25) is 5.91 Å². The molecular formula is C32H36ClN3O9S. The van der Waals surface area contributed by atoms with E-state index < -0.39 is 23.9 Å². The first-order valence-electron chi connectivity index (χ1n) is 14.1. The number of carboxylic acid groups (broad SMARTS) is 4. The third kappa shape index (κ3) is 14.1. The summed E-state index contributed by atoms with van der Waals surface area (Å²) in [5, 5.41) is 34.7.